The summed E-state index contributed by atoms with van der Waals surface area (Å²) in [4.78, 5) is 38.2. The summed E-state index contributed by atoms with van der Waals surface area (Å²) >= 11 is 0. The summed E-state index contributed by atoms with van der Waals surface area (Å²) in [5, 5.41) is 2.67. The van der Waals surface area contributed by atoms with Crippen LogP contribution in [0.3, 0.4) is 0 Å². The highest BCUT2D eigenvalue weighted by Crippen LogP contribution is 2.26. The molecule has 1 unspecified atom stereocenters. The second kappa shape index (κ2) is 7.13. The van der Waals surface area contributed by atoms with E-state index in [1.165, 1.54) is 18.1 Å². The number of anilines is 1. The fourth-order valence-electron chi connectivity index (χ4n) is 3.29. The highest BCUT2D eigenvalue weighted by molar-refractivity contribution is 5.90. The van der Waals surface area contributed by atoms with Crippen LogP contribution in [-0.2, 0) is 27.2 Å². The van der Waals surface area contributed by atoms with Crippen molar-refractivity contribution in [1.82, 2.24) is 10.2 Å². The largest absolute Gasteiger partial charge is 0.442 e. The Labute approximate surface area is 146 Å². The van der Waals surface area contributed by atoms with Crippen LogP contribution in [0.4, 0.5) is 10.5 Å². The number of hydrogen-bond donors (Lipinski definition) is 1. The zero-order chi connectivity index (χ0) is 18.0. The van der Waals surface area contributed by atoms with Gasteiger partial charge in [0, 0.05) is 32.6 Å². The number of ether oxygens (including phenoxy) is 1. The number of nitrogens with zero attached hydrogens (tertiary/aromatic N) is 2. The summed E-state index contributed by atoms with van der Waals surface area (Å²) in [6.07, 6.45) is 0.865. The molecule has 0 aromatic heterocycles. The molecule has 1 saturated heterocycles. The SMILES string of the molecule is CC(=O)NCC1CN(c2ccc3c(c2)CCN(C(C)=O)CC3)C(=O)O1. The summed E-state index contributed by atoms with van der Waals surface area (Å²) in [7, 11) is 0. The Kier molecular flexibility index (Phi) is 4.92. The van der Waals surface area contributed by atoms with E-state index in [0.29, 0.717) is 19.6 Å². The summed E-state index contributed by atoms with van der Waals surface area (Å²) in [5.74, 6) is -0.0495. The molecule has 7 nitrogen and oxygen atoms in total. The molecule has 1 fully saturated rings. The van der Waals surface area contributed by atoms with Crippen molar-refractivity contribution in [2.45, 2.75) is 32.8 Å². The average molecular weight is 345 g/mol. The van der Waals surface area contributed by atoms with Crippen LogP contribution < -0.4 is 10.2 Å². The van der Waals surface area contributed by atoms with Gasteiger partial charge >= 0.3 is 6.09 Å². The van der Waals surface area contributed by atoms with Gasteiger partial charge in [0.15, 0.2) is 0 Å². The van der Waals surface area contributed by atoms with Crippen LogP contribution in [0.2, 0.25) is 0 Å². The topological polar surface area (TPSA) is 79.0 Å². The van der Waals surface area contributed by atoms with Crippen molar-refractivity contribution < 1.29 is 19.1 Å². The lowest BCUT2D eigenvalue weighted by atomic mass is 10.0. The number of amides is 3. The normalized spacial score (nSPS) is 19.9. The van der Waals surface area contributed by atoms with Gasteiger partial charge in [0.05, 0.1) is 13.1 Å². The molecule has 0 bridgehead atoms. The quantitative estimate of drug-likeness (QED) is 0.890. The minimum atomic E-state index is -0.394. The minimum absolute atomic E-state index is 0.0944. The van der Waals surface area contributed by atoms with E-state index in [1.807, 2.05) is 23.1 Å². The number of carbonyl (C=O) groups is 3. The monoisotopic (exact) mass is 345 g/mol. The number of cyclic esters (lactones) is 1. The Morgan fingerprint density at radius 1 is 1.20 bits per heavy atom. The van der Waals surface area contributed by atoms with Gasteiger partial charge < -0.3 is 15.0 Å². The van der Waals surface area contributed by atoms with Gasteiger partial charge in [0.25, 0.3) is 0 Å². The Hall–Kier alpha value is -2.57. The van der Waals surface area contributed by atoms with Crippen molar-refractivity contribution in [1.29, 1.82) is 0 Å². The van der Waals surface area contributed by atoms with E-state index in [-0.39, 0.29) is 17.9 Å². The highest BCUT2D eigenvalue weighted by atomic mass is 16.6. The van der Waals surface area contributed by atoms with Crippen LogP contribution in [0.15, 0.2) is 18.2 Å². The first kappa shape index (κ1) is 17.3. The summed E-state index contributed by atoms with van der Waals surface area (Å²) < 4.78 is 5.32. The molecule has 0 aliphatic carbocycles. The van der Waals surface area contributed by atoms with Gasteiger partial charge in [-0.2, -0.15) is 0 Å². The lowest BCUT2D eigenvalue weighted by Crippen LogP contribution is -2.33. The number of nitrogens with one attached hydrogen (secondary N) is 1. The molecule has 3 rings (SSSR count). The van der Waals surface area contributed by atoms with Gasteiger partial charge in [-0.15, -0.1) is 0 Å². The molecule has 2 aliphatic rings. The first-order valence-corrected chi connectivity index (χ1v) is 8.54. The molecular weight excluding hydrogens is 322 g/mol. The maximum atomic E-state index is 12.1. The van der Waals surface area contributed by atoms with Gasteiger partial charge in [-0.25, -0.2) is 4.79 Å². The van der Waals surface area contributed by atoms with E-state index >= 15 is 0 Å². The van der Waals surface area contributed by atoms with Crippen molar-refractivity contribution in [2.75, 3.05) is 31.1 Å². The molecule has 2 aliphatic heterocycles. The number of benzene rings is 1. The number of rotatable bonds is 3. The zero-order valence-electron chi connectivity index (χ0n) is 14.6. The molecule has 0 spiro atoms. The molecule has 3 amide bonds. The molecule has 2 heterocycles. The summed E-state index contributed by atoms with van der Waals surface area (Å²) in [6, 6.07) is 5.97. The zero-order valence-corrected chi connectivity index (χ0v) is 14.6. The van der Waals surface area contributed by atoms with Gasteiger partial charge in [0.1, 0.15) is 6.10 Å². The van der Waals surface area contributed by atoms with Gasteiger partial charge in [-0.1, -0.05) is 6.07 Å². The van der Waals surface area contributed by atoms with Crippen molar-refractivity contribution in [3.8, 4) is 0 Å². The Morgan fingerprint density at radius 3 is 2.60 bits per heavy atom. The maximum absolute atomic E-state index is 12.1. The van der Waals surface area contributed by atoms with Gasteiger partial charge in [0.2, 0.25) is 11.8 Å². The molecule has 1 N–H and O–H groups in total. The number of hydrogen-bond acceptors (Lipinski definition) is 4. The second-order valence-corrected chi connectivity index (χ2v) is 6.51. The molecule has 0 radical (unpaired) electrons. The van der Waals surface area contributed by atoms with E-state index < -0.39 is 6.09 Å². The Balaban J connectivity index is 1.71. The first-order chi connectivity index (χ1) is 11.9. The predicted molar refractivity (Wildman–Crippen MR) is 92.4 cm³/mol. The Morgan fingerprint density at radius 2 is 1.92 bits per heavy atom. The highest BCUT2D eigenvalue weighted by Gasteiger charge is 2.32. The second-order valence-electron chi connectivity index (χ2n) is 6.51. The van der Waals surface area contributed by atoms with E-state index in [0.717, 1.165) is 25.1 Å². The van der Waals surface area contributed by atoms with E-state index in [2.05, 4.69) is 5.32 Å². The molecule has 1 atom stereocenters. The average Bonchev–Trinajstić information content (AvgIpc) is 2.80. The number of carbonyl (C=O) groups excluding carboxylic acids is 3. The minimum Gasteiger partial charge on any atom is -0.442 e. The summed E-state index contributed by atoms with van der Waals surface area (Å²) in [5.41, 5.74) is 3.18. The first-order valence-electron chi connectivity index (χ1n) is 8.54. The van der Waals surface area contributed by atoms with Crippen LogP contribution >= 0.6 is 0 Å². The lowest BCUT2D eigenvalue weighted by Gasteiger charge is -2.17. The maximum Gasteiger partial charge on any atom is 0.414 e. The predicted octanol–water partition coefficient (Wildman–Crippen LogP) is 1.09. The van der Waals surface area contributed by atoms with Gasteiger partial charge in [-0.05, 0) is 36.1 Å². The van der Waals surface area contributed by atoms with E-state index in [1.54, 1.807) is 11.8 Å². The van der Waals surface area contributed by atoms with Crippen LogP contribution in [0.5, 0.6) is 0 Å². The molecule has 0 saturated carbocycles. The van der Waals surface area contributed by atoms with Crippen LogP contribution in [0.1, 0.15) is 25.0 Å². The third kappa shape index (κ3) is 3.92. The van der Waals surface area contributed by atoms with E-state index in [4.69, 9.17) is 4.74 Å². The van der Waals surface area contributed by atoms with E-state index in [9.17, 15) is 14.4 Å². The Bertz CT molecular complexity index is 704. The molecule has 1 aromatic carbocycles. The standard InChI is InChI=1S/C18H23N3O4/c1-12(22)19-10-17-11-21(18(24)25-17)16-4-3-14-5-7-20(13(2)23)8-6-15(14)9-16/h3-4,9,17H,5-8,10-11H2,1-2H3,(H,19,22). The van der Waals surface area contributed by atoms with Crippen molar-refractivity contribution in [3.63, 3.8) is 0 Å². The molecule has 7 heteroatoms. The van der Waals surface area contributed by atoms with Crippen molar-refractivity contribution >= 4 is 23.6 Å². The van der Waals surface area contributed by atoms with Crippen molar-refractivity contribution in [2.24, 2.45) is 0 Å². The fourth-order valence-corrected chi connectivity index (χ4v) is 3.29. The van der Waals surface area contributed by atoms with Crippen molar-refractivity contribution in [3.05, 3.63) is 29.3 Å². The number of fused-ring (bicyclic) bond motifs is 1. The smallest absolute Gasteiger partial charge is 0.414 e. The summed E-state index contributed by atoms with van der Waals surface area (Å²) in [6.45, 7) is 5.18. The molecular formula is C18H23N3O4. The van der Waals surface area contributed by atoms with Gasteiger partial charge in [-0.3, -0.25) is 14.5 Å². The van der Waals surface area contributed by atoms with Crippen LogP contribution in [-0.4, -0.2) is 55.1 Å². The molecule has 1 aromatic rings. The third-order valence-electron chi connectivity index (χ3n) is 4.70. The van der Waals surface area contributed by atoms with Crippen LogP contribution in [0, 0.1) is 0 Å². The third-order valence-corrected chi connectivity index (χ3v) is 4.70. The fraction of sp³-hybridized carbons (Fsp3) is 0.500. The molecule has 134 valence electrons. The lowest BCUT2D eigenvalue weighted by molar-refractivity contribution is -0.128. The molecule has 25 heavy (non-hydrogen) atoms. The van der Waals surface area contributed by atoms with Crippen LogP contribution in [0.25, 0.3) is 0 Å².